The molecule has 2 fully saturated rings. The second kappa shape index (κ2) is 5.17. The Balaban J connectivity index is 1.75. The lowest BCUT2D eigenvalue weighted by atomic mass is 9.93. The van der Waals surface area contributed by atoms with E-state index < -0.39 is 11.6 Å². The highest BCUT2D eigenvalue weighted by molar-refractivity contribution is 5.23. The highest BCUT2D eigenvalue weighted by Crippen LogP contribution is 2.36. The summed E-state index contributed by atoms with van der Waals surface area (Å²) >= 11 is 0. The van der Waals surface area contributed by atoms with E-state index in [2.05, 4.69) is 17.3 Å². The van der Waals surface area contributed by atoms with Crippen LogP contribution in [0.15, 0.2) is 18.2 Å². The van der Waals surface area contributed by atoms with E-state index >= 15 is 0 Å². The minimum atomic E-state index is -0.767. The molecule has 1 aromatic carbocycles. The fraction of sp³-hybridized carbons (Fsp3) is 0.600. The Morgan fingerprint density at radius 3 is 2.68 bits per heavy atom. The van der Waals surface area contributed by atoms with Gasteiger partial charge in [-0.1, -0.05) is 6.07 Å². The first kappa shape index (κ1) is 13.0. The lowest BCUT2D eigenvalue weighted by Crippen LogP contribution is -2.29. The molecule has 1 heterocycles. The monoisotopic (exact) mass is 266 g/mol. The molecule has 3 rings (SSSR count). The van der Waals surface area contributed by atoms with Crippen LogP contribution in [0.2, 0.25) is 0 Å². The van der Waals surface area contributed by atoms with Gasteiger partial charge in [0.05, 0.1) is 0 Å². The lowest BCUT2D eigenvalue weighted by molar-refractivity contribution is 0.270. The van der Waals surface area contributed by atoms with Crippen LogP contribution in [0, 0.1) is 17.6 Å². The minimum absolute atomic E-state index is 0.196. The molecule has 19 heavy (non-hydrogen) atoms. The summed E-state index contributed by atoms with van der Waals surface area (Å²) in [6.07, 6.45) is 3.66. The maximum Gasteiger partial charge on any atom is 0.159 e. The molecule has 0 spiro atoms. The van der Waals surface area contributed by atoms with E-state index in [1.54, 1.807) is 6.07 Å². The first-order chi connectivity index (χ1) is 9.15. The maximum atomic E-state index is 13.4. The van der Waals surface area contributed by atoms with Gasteiger partial charge in [0.15, 0.2) is 11.6 Å². The number of halogens is 2. The average molecular weight is 266 g/mol. The van der Waals surface area contributed by atoms with E-state index in [4.69, 9.17) is 0 Å². The zero-order valence-corrected chi connectivity index (χ0v) is 11.2. The van der Waals surface area contributed by atoms with Gasteiger partial charge in [-0.3, -0.25) is 4.90 Å². The number of likely N-dealkylation sites (tertiary alicyclic amines) is 1. The maximum absolute atomic E-state index is 13.4. The van der Waals surface area contributed by atoms with E-state index in [1.165, 1.54) is 25.0 Å². The molecule has 0 radical (unpaired) electrons. The number of nitrogens with zero attached hydrogens (tertiary/aromatic N) is 1. The topological polar surface area (TPSA) is 15.3 Å². The summed E-state index contributed by atoms with van der Waals surface area (Å²) in [6, 6.07) is 5.20. The van der Waals surface area contributed by atoms with Crippen LogP contribution in [0.4, 0.5) is 8.78 Å². The Bertz CT molecular complexity index is 459. The molecule has 2 aliphatic rings. The van der Waals surface area contributed by atoms with Gasteiger partial charge in [-0.05, 0) is 56.5 Å². The van der Waals surface area contributed by atoms with Gasteiger partial charge in [0.1, 0.15) is 0 Å². The van der Waals surface area contributed by atoms with Gasteiger partial charge >= 0.3 is 0 Å². The van der Waals surface area contributed by atoms with Crippen LogP contribution in [-0.4, -0.2) is 31.1 Å². The van der Waals surface area contributed by atoms with E-state index in [-0.39, 0.29) is 6.04 Å². The molecule has 0 bridgehead atoms. The number of nitrogens with one attached hydrogen (secondary N) is 1. The Labute approximate surface area is 112 Å². The summed E-state index contributed by atoms with van der Waals surface area (Å²) in [5.41, 5.74) is 0.890. The third-order valence-corrected chi connectivity index (χ3v) is 4.31. The Hall–Kier alpha value is -1.00. The zero-order valence-electron chi connectivity index (χ0n) is 11.2. The molecule has 0 aromatic heterocycles. The predicted octanol–water partition coefficient (Wildman–Crippen LogP) is 2.71. The largest absolute Gasteiger partial charge is 0.314 e. The number of hydrogen-bond donors (Lipinski definition) is 1. The molecule has 104 valence electrons. The van der Waals surface area contributed by atoms with Crippen LogP contribution in [0.5, 0.6) is 0 Å². The highest BCUT2D eigenvalue weighted by atomic mass is 19.2. The predicted molar refractivity (Wildman–Crippen MR) is 70.9 cm³/mol. The van der Waals surface area contributed by atoms with Gasteiger partial charge in [-0.25, -0.2) is 8.78 Å². The molecule has 0 amide bonds. The molecule has 1 saturated heterocycles. The van der Waals surface area contributed by atoms with Gasteiger partial charge in [0, 0.05) is 18.6 Å². The van der Waals surface area contributed by atoms with Gasteiger partial charge < -0.3 is 5.32 Å². The molecule has 1 aliphatic carbocycles. The summed E-state index contributed by atoms with van der Waals surface area (Å²) in [7, 11) is 2.06. The van der Waals surface area contributed by atoms with E-state index in [1.807, 2.05) is 0 Å². The first-order valence-electron chi connectivity index (χ1n) is 7.03. The second-order valence-corrected chi connectivity index (χ2v) is 5.83. The third kappa shape index (κ3) is 2.79. The van der Waals surface area contributed by atoms with Crippen molar-refractivity contribution in [1.29, 1.82) is 0 Å². The fourth-order valence-electron chi connectivity index (χ4n) is 3.07. The summed E-state index contributed by atoms with van der Waals surface area (Å²) in [5, 5.41) is 3.55. The standard InChI is InChI=1S/C15H20F2N2/c1-19-7-6-11(9-18-12-3-4-12)15(19)10-2-5-13(16)14(17)8-10/h2,5,8,11-12,15,18H,3-4,6-7,9H2,1H3. The molecule has 2 atom stereocenters. The van der Waals surface area contributed by atoms with Crippen molar-refractivity contribution >= 4 is 0 Å². The molecule has 1 saturated carbocycles. The zero-order chi connectivity index (χ0) is 13.4. The fourth-order valence-corrected chi connectivity index (χ4v) is 3.07. The molecule has 1 N–H and O–H groups in total. The normalized spacial score (nSPS) is 27.9. The number of hydrogen-bond acceptors (Lipinski definition) is 2. The van der Waals surface area contributed by atoms with Crippen molar-refractivity contribution < 1.29 is 8.78 Å². The molecule has 2 unspecified atom stereocenters. The van der Waals surface area contributed by atoms with Crippen molar-refractivity contribution in [3.63, 3.8) is 0 Å². The average Bonchev–Trinajstić information content (AvgIpc) is 3.14. The smallest absolute Gasteiger partial charge is 0.159 e. The molecule has 1 aliphatic heterocycles. The summed E-state index contributed by atoms with van der Waals surface area (Å²) in [4.78, 5) is 2.24. The van der Waals surface area contributed by atoms with Gasteiger partial charge in [-0.15, -0.1) is 0 Å². The van der Waals surface area contributed by atoms with Gasteiger partial charge in [-0.2, -0.15) is 0 Å². The van der Waals surface area contributed by atoms with Crippen LogP contribution >= 0.6 is 0 Å². The Morgan fingerprint density at radius 1 is 1.21 bits per heavy atom. The summed E-state index contributed by atoms with van der Waals surface area (Å²) in [5.74, 6) is -1.03. The Morgan fingerprint density at radius 2 is 2.00 bits per heavy atom. The van der Waals surface area contributed by atoms with Crippen LogP contribution < -0.4 is 5.32 Å². The number of rotatable bonds is 4. The van der Waals surface area contributed by atoms with Crippen molar-refractivity contribution in [1.82, 2.24) is 10.2 Å². The van der Waals surface area contributed by atoms with Crippen LogP contribution in [0.25, 0.3) is 0 Å². The van der Waals surface area contributed by atoms with Crippen molar-refractivity contribution in [3.05, 3.63) is 35.4 Å². The molecule has 2 nitrogen and oxygen atoms in total. The van der Waals surface area contributed by atoms with Crippen LogP contribution in [0.3, 0.4) is 0 Å². The molecular formula is C15H20F2N2. The van der Waals surface area contributed by atoms with Gasteiger partial charge in [0.2, 0.25) is 0 Å². The summed E-state index contributed by atoms with van der Waals surface area (Å²) in [6.45, 7) is 1.99. The minimum Gasteiger partial charge on any atom is -0.314 e. The first-order valence-corrected chi connectivity index (χ1v) is 7.03. The second-order valence-electron chi connectivity index (χ2n) is 5.83. The van der Waals surface area contributed by atoms with E-state index in [9.17, 15) is 8.78 Å². The summed E-state index contributed by atoms with van der Waals surface area (Å²) < 4.78 is 26.4. The van der Waals surface area contributed by atoms with E-state index in [0.29, 0.717) is 12.0 Å². The lowest BCUT2D eigenvalue weighted by Gasteiger charge is -2.26. The Kier molecular flexibility index (Phi) is 3.54. The quantitative estimate of drug-likeness (QED) is 0.901. The van der Waals surface area contributed by atoms with Gasteiger partial charge in [0.25, 0.3) is 0 Å². The molecular weight excluding hydrogens is 246 g/mol. The van der Waals surface area contributed by atoms with Crippen molar-refractivity contribution in [2.24, 2.45) is 5.92 Å². The van der Waals surface area contributed by atoms with Crippen molar-refractivity contribution in [3.8, 4) is 0 Å². The molecule has 1 aromatic rings. The third-order valence-electron chi connectivity index (χ3n) is 4.31. The van der Waals surface area contributed by atoms with Crippen molar-refractivity contribution in [2.45, 2.75) is 31.3 Å². The molecule has 4 heteroatoms. The number of benzene rings is 1. The highest BCUT2D eigenvalue weighted by Gasteiger charge is 2.34. The van der Waals surface area contributed by atoms with Crippen molar-refractivity contribution in [2.75, 3.05) is 20.1 Å². The van der Waals surface area contributed by atoms with Crippen LogP contribution in [-0.2, 0) is 0 Å². The SMILES string of the molecule is CN1CCC(CNC2CC2)C1c1ccc(F)c(F)c1. The van der Waals surface area contributed by atoms with Crippen LogP contribution in [0.1, 0.15) is 30.9 Å². The van der Waals surface area contributed by atoms with E-state index in [0.717, 1.165) is 25.1 Å².